The predicted molar refractivity (Wildman–Crippen MR) is 81.7 cm³/mol. The number of pyridine rings is 2. The Morgan fingerprint density at radius 2 is 1.90 bits per heavy atom. The second kappa shape index (κ2) is 5.56. The van der Waals surface area contributed by atoms with Gasteiger partial charge in [-0.2, -0.15) is 0 Å². The Hall–Kier alpha value is -2.99. The number of nitrogens with zero attached hydrogens (tertiary/aromatic N) is 2. The number of benzene rings is 1. The fraction of sp³-hybridized carbons (Fsp3) is 0. The number of carbonyl (C=O) groups excluding carboxylic acids is 1. The lowest BCUT2D eigenvalue weighted by Crippen LogP contribution is -2.15. The lowest BCUT2D eigenvalue weighted by molar-refractivity contribution is 0.102. The molecular weight excluding hydrogens is 266 g/mol. The van der Waals surface area contributed by atoms with Gasteiger partial charge in [-0.05, 0) is 24.3 Å². The molecule has 0 unspecified atom stereocenters. The Labute approximate surface area is 121 Å². The van der Waals surface area contributed by atoms with Crippen LogP contribution in [0.1, 0.15) is 10.5 Å². The van der Waals surface area contributed by atoms with Crippen molar-refractivity contribution in [2.24, 2.45) is 5.84 Å². The van der Waals surface area contributed by atoms with E-state index in [4.69, 9.17) is 5.84 Å². The van der Waals surface area contributed by atoms with Crippen LogP contribution in [0.15, 0.2) is 54.9 Å². The molecule has 0 aliphatic carbocycles. The number of aromatic nitrogens is 2. The quantitative estimate of drug-likeness (QED) is 0.504. The van der Waals surface area contributed by atoms with Crippen LogP contribution in [0.5, 0.6) is 0 Å². The maximum Gasteiger partial charge on any atom is 0.274 e. The van der Waals surface area contributed by atoms with Crippen LogP contribution in [0.3, 0.4) is 0 Å². The third-order valence-corrected chi connectivity index (χ3v) is 3.01. The molecule has 6 heteroatoms. The number of hydrazine groups is 1. The maximum absolute atomic E-state index is 12.1. The third-order valence-electron chi connectivity index (χ3n) is 3.01. The summed E-state index contributed by atoms with van der Waals surface area (Å²) in [5, 5.41) is 3.73. The van der Waals surface area contributed by atoms with Crippen LogP contribution in [0.4, 0.5) is 11.4 Å². The standard InChI is InChI=1S/C15H13N5O/c16-20-11-5-6-17-14(8-11)15(21)19-12-7-10-3-1-2-4-13(10)18-9-12/h1-9H,16H2,(H,17,20)(H,19,21). The van der Waals surface area contributed by atoms with Crippen LogP contribution in [0.25, 0.3) is 10.9 Å². The van der Waals surface area contributed by atoms with E-state index in [-0.39, 0.29) is 11.6 Å². The van der Waals surface area contributed by atoms with Gasteiger partial charge >= 0.3 is 0 Å². The average molecular weight is 279 g/mol. The van der Waals surface area contributed by atoms with Crippen LogP contribution >= 0.6 is 0 Å². The Kier molecular flexibility index (Phi) is 3.44. The molecule has 4 N–H and O–H groups in total. The molecule has 2 aromatic heterocycles. The summed E-state index contributed by atoms with van der Waals surface area (Å²) in [5.74, 6) is 5.00. The lowest BCUT2D eigenvalue weighted by atomic mass is 10.2. The number of nitrogens with one attached hydrogen (secondary N) is 2. The van der Waals surface area contributed by atoms with Gasteiger partial charge in [0.25, 0.3) is 5.91 Å². The van der Waals surface area contributed by atoms with E-state index in [1.54, 1.807) is 18.3 Å². The highest BCUT2D eigenvalue weighted by Gasteiger charge is 2.09. The van der Waals surface area contributed by atoms with Crippen LogP contribution in [-0.2, 0) is 0 Å². The number of para-hydroxylation sites is 1. The van der Waals surface area contributed by atoms with Crippen molar-refractivity contribution in [2.75, 3.05) is 10.7 Å². The number of nitrogen functional groups attached to an aromatic ring is 1. The first-order valence-corrected chi connectivity index (χ1v) is 6.35. The van der Waals surface area contributed by atoms with Gasteiger partial charge in [0.1, 0.15) is 5.69 Å². The van der Waals surface area contributed by atoms with E-state index in [1.165, 1.54) is 6.20 Å². The van der Waals surface area contributed by atoms with E-state index < -0.39 is 0 Å². The minimum Gasteiger partial charge on any atom is -0.324 e. The molecule has 0 aliphatic rings. The minimum absolute atomic E-state index is 0.276. The zero-order chi connectivity index (χ0) is 14.7. The van der Waals surface area contributed by atoms with Gasteiger partial charge in [0, 0.05) is 11.6 Å². The molecule has 0 radical (unpaired) electrons. The monoisotopic (exact) mass is 279 g/mol. The summed E-state index contributed by atoms with van der Waals surface area (Å²) in [6.45, 7) is 0. The van der Waals surface area contributed by atoms with Gasteiger partial charge in [-0.3, -0.25) is 20.6 Å². The van der Waals surface area contributed by atoms with Crippen LogP contribution in [-0.4, -0.2) is 15.9 Å². The molecule has 21 heavy (non-hydrogen) atoms. The number of hydrogen-bond donors (Lipinski definition) is 3. The fourth-order valence-corrected chi connectivity index (χ4v) is 1.98. The molecule has 3 aromatic rings. The maximum atomic E-state index is 12.1. The van der Waals surface area contributed by atoms with Gasteiger partial charge in [-0.15, -0.1) is 0 Å². The summed E-state index contributed by atoms with van der Waals surface area (Å²) >= 11 is 0. The van der Waals surface area contributed by atoms with Gasteiger partial charge < -0.3 is 10.7 Å². The first-order chi connectivity index (χ1) is 10.3. The molecule has 1 amide bonds. The zero-order valence-electron chi connectivity index (χ0n) is 11.1. The molecule has 0 saturated carbocycles. The normalized spacial score (nSPS) is 10.3. The molecule has 0 aliphatic heterocycles. The average Bonchev–Trinajstić information content (AvgIpc) is 2.54. The van der Waals surface area contributed by atoms with Gasteiger partial charge in [0.15, 0.2) is 0 Å². The molecule has 0 atom stereocenters. The highest BCUT2D eigenvalue weighted by molar-refractivity contribution is 6.04. The molecule has 3 rings (SSSR count). The van der Waals surface area contributed by atoms with Crippen LogP contribution in [0.2, 0.25) is 0 Å². The Morgan fingerprint density at radius 3 is 2.76 bits per heavy atom. The van der Waals surface area contributed by atoms with Gasteiger partial charge in [-0.25, -0.2) is 0 Å². The van der Waals surface area contributed by atoms with Gasteiger partial charge in [0.05, 0.1) is 23.1 Å². The number of amides is 1. The van der Waals surface area contributed by atoms with Crippen molar-refractivity contribution in [2.45, 2.75) is 0 Å². The Morgan fingerprint density at radius 1 is 1.05 bits per heavy atom. The van der Waals surface area contributed by atoms with Crippen molar-refractivity contribution >= 4 is 28.2 Å². The van der Waals surface area contributed by atoms with E-state index in [9.17, 15) is 4.79 Å². The summed E-state index contributed by atoms with van der Waals surface area (Å²) in [4.78, 5) is 20.5. The van der Waals surface area contributed by atoms with Gasteiger partial charge in [-0.1, -0.05) is 18.2 Å². The number of carbonyl (C=O) groups is 1. The predicted octanol–water partition coefficient (Wildman–Crippen LogP) is 2.17. The first-order valence-electron chi connectivity index (χ1n) is 6.35. The summed E-state index contributed by atoms with van der Waals surface area (Å²) in [6.07, 6.45) is 3.13. The van der Waals surface area contributed by atoms with E-state index in [2.05, 4.69) is 20.7 Å². The molecule has 0 spiro atoms. The van der Waals surface area contributed by atoms with E-state index >= 15 is 0 Å². The molecular formula is C15H13N5O. The summed E-state index contributed by atoms with van der Waals surface area (Å²) in [5.41, 5.74) is 4.87. The van der Waals surface area contributed by atoms with E-state index in [0.29, 0.717) is 11.4 Å². The van der Waals surface area contributed by atoms with Crippen molar-refractivity contribution in [3.05, 3.63) is 60.6 Å². The van der Waals surface area contributed by atoms with E-state index in [0.717, 1.165) is 10.9 Å². The topological polar surface area (TPSA) is 92.9 Å². The second-order valence-electron chi connectivity index (χ2n) is 4.44. The highest BCUT2D eigenvalue weighted by Crippen LogP contribution is 2.17. The molecule has 2 heterocycles. The Balaban J connectivity index is 1.85. The van der Waals surface area contributed by atoms with E-state index in [1.807, 2.05) is 30.3 Å². The zero-order valence-corrected chi connectivity index (χ0v) is 11.1. The summed E-state index contributed by atoms with van der Waals surface area (Å²) in [7, 11) is 0. The smallest absolute Gasteiger partial charge is 0.274 e. The molecule has 0 fully saturated rings. The van der Waals surface area contributed by atoms with Crippen LogP contribution < -0.4 is 16.6 Å². The highest BCUT2D eigenvalue weighted by atomic mass is 16.1. The van der Waals surface area contributed by atoms with Crippen molar-refractivity contribution in [1.29, 1.82) is 0 Å². The number of fused-ring (bicyclic) bond motifs is 1. The van der Waals surface area contributed by atoms with Gasteiger partial charge in [0.2, 0.25) is 0 Å². The lowest BCUT2D eigenvalue weighted by Gasteiger charge is -2.06. The largest absolute Gasteiger partial charge is 0.324 e. The SMILES string of the molecule is NNc1ccnc(C(=O)Nc2cnc3ccccc3c2)c1. The number of hydrogen-bond acceptors (Lipinski definition) is 5. The number of anilines is 2. The third kappa shape index (κ3) is 2.80. The fourth-order valence-electron chi connectivity index (χ4n) is 1.98. The first kappa shape index (κ1) is 13.0. The van der Waals surface area contributed by atoms with Crippen molar-refractivity contribution < 1.29 is 4.79 Å². The van der Waals surface area contributed by atoms with Crippen LogP contribution in [0, 0.1) is 0 Å². The summed E-state index contributed by atoms with van der Waals surface area (Å²) < 4.78 is 0. The van der Waals surface area contributed by atoms with Crippen molar-refractivity contribution in [1.82, 2.24) is 9.97 Å². The number of rotatable bonds is 3. The second-order valence-corrected chi connectivity index (χ2v) is 4.44. The molecule has 6 nitrogen and oxygen atoms in total. The summed E-state index contributed by atoms with van der Waals surface area (Å²) in [6, 6.07) is 12.8. The van der Waals surface area contributed by atoms with Crippen molar-refractivity contribution in [3.8, 4) is 0 Å². The van der Waals surface area contributed by atoms with Crippen molar-refractivity contribution in [3.63, 3.8) is 0 Å². The molecule has 1 aromatic carbocycles. The molecule has 0 bridgehead atoms. The molecule has 104 valence electrons. The minimum atomic E-state index is -0.316. The Bertz CT molecular complexity index is 803. The number of nitrogens with two attached hydrogens (primary N) is 1. The molecule has 0 saturated heterocycles.